The number of rotatable bonds is 59. The van der Waals surface area contributed by atoms with E-state index >= 15 is 0 Å². The third-order valence-corrected chi connectivity index (χ3v) is 13.7. The molecular formula is C77H122O6. The highest BCUT2D eigenvalue weighted by atomic mass is 16.6. The first-order valence-electron chi connectivity index (χ1n) is 33.6. The standard InChI is InChI=1S/C77H122O6/c1-4-7-10-13-16-19-22-25-28-31-32-33-34-35-36-37-38-39-40-41-42-43-44-47-49-52-55-58-61-64-67-70-76(79)82-73-74(83-77(80)71-68-65-62-59-56-53-50-46-30-27-24-21-18-15-12-9-6-3)72-81-75(78)69-66-63-60-57-54-51-48-45-29-26-23-20-17-14-11-8-5-2/h7-12,16-21,25-30,32-33,35-36,38-39,48,50-51,53,74H,4-6,13-15,22-24,31,34,37,40-47,49,52,54-73H2,1-3H3/b10-7-,11-8-,12-9-,19-16-,20-17-,21-18-,28-25-,29-26-,30-27-,33-32-,36-35-,39-38-,51-48-,53-50-. The number of carbonyl (C=O) groups is 3. The van der Waals surface area contributed by atoms with Gasteiger partial charge in [-0.2, -0.15) is 0 Å². The second-order valence-corrected chi connectivity index (χ2v) is 21.6. The first kappa shape index (κ1) is 77.8. The Bertz CT molecular complexity index is 1890. The van der Waals surface area contributed by atoms with Crippen LogP contribution in [-0.4, -0.2) is 37.2 Å². The van der Waals surface area contributed by atoms with Gasteiger partial charge in [0.15, 0.2) is 6.10 Å². The summed E-state index contributed by atoms with van der Waals surface area (Å²) in [6.45, 7) is 6.26. The second kappa shape index (κ2) is 69.3. The zero-order chi connectivity index (χ0) is 59.9. The molecule has 0 bridgehead atoms. The summed E-state index contributed by atoms with van der Waals surface area (Å²) in [6.07, 6.45) is 102. The van der Waals surface area contributed by atoms with Gasteiger partial charge < -0.3 is 14.2 Å². The molecule has 6 heteroatoms. The summed E-state index contributed by atoms with van der Waals surface area (Å²) in [4.78, 5) is 38.4. The van der Waals surface area contributed by atoms with E-state index in [0.29, 0.717) is 12.8 Å². The molecule has 466 valence electrons. The van der Waals surface area contributed by atoms with Crippen molar-refractivity contribution in [2.24, 2.45) is 0 Å². The summed E-state index contributed by atoms with van der Waals surface area (Å²) in [5.74, 6) is -0.955. The molecule has 0 aromatic carbocycles. The van der Waals surface area contributed by atoms with E-state index in [9.17, 15) is 14.4 Å². The fourth-order valence-electron chi connectivity index (χ4n) is 8.78. The van der Waals surface area contributed by atoms with Crippen LogP contribution in [0.2, 0.25) is 0 Å². The minimum Gasteiger partial charge on any atom is -0.462 e. The van der Waals surface area contributed by atoms with Gasteiger partial charge in [-0.15, -0.1) is 0 Å². The van der Waals surface area contributed by atoms with Crippen LogP contribution in [0.1, 0.15) is 278 Å². The number of carbonyl (C=O) groups excluding carboxylic acids is 3. The van der Waals surface area contributed by atoms with Crippen LogP contribution in [-0.2, 0) is 28.6 Å². The molecule has 0 saturated heterocycles. The first-order valence-corrected chi connectivity index (χ1v) is 33.6. The van der Waals surface area contributed by atoms with Crippen molar-refractivity contribution >= 4 is 17.9 Å². The normalized spacial score (nSPS) is 13.2. The van der Waals surface area contributed by atoms with Gasteiger partial charge in [0.25, 0.3) is 0 Å². The Balaban J connectivity index is 4.37. The molecule has 0 spiro atoms. The van der Waals surface area contributed by atoms with Crippen molar-refractivity contribution < 1.29 is 28.6 Å². The van der Waals surface area contributed by atoms with Crippen molar-refractivity contribution in [3.8, 4) is 0 Å². The molecule has 83 heavy (non-hydrogen) atoms. The maximum atomic E-state index is 12.9. The van der Waals surface area contributed by atoms with Crippen molar-refractivity contribution in [3.63, 3.8) is 0 Å². The predicted molar refractivity (Wildman–Crippen MR) is 361 cm³/mol. The van der Waals surface area contributed by atoms with Crippen LogP contribution in [0.15, 0.2) is 170 Å². The summed E-state index contributed by atoms with van der Waals surface area (Å²) >= 11 is 0. The van der Waals surface area contributed by atoms with Crippen LogP contribution in [0.3, 0.4) is 0 Å². The van der Waals surface area contributed by atoms with E-state index in [-0.39, 0.29) is 37.5 Å². The van der Waals surface area contributed by atoms with E-state index in [2.05, 4.69) is 191 Å². The van der Waals surface area contributed by atoms with Crippen molar-refractivity contribution in [2.45, 2.75) is 284 Å². The average molecular weight is 1140 g/mol. The Morgan fingerprint density at radius 2 is 0.434 bits per heavy atom. The Morgan fingerprint density at radius 1 is 0.241 bits per heavy atom. The van der Waals surface area contributed by atoms with Crippen LogP contribution < -0.4 is 0 Å². The number of ether oxygens (including phenoxy) is 3. The Kier molecular flexibility index (Phi) is 64.9. The molecule has 0 heterocycles. The second-order valence-electron chi connectivity index (χ2n) is 21.6. The van der Waals surface area contributed by atoms with Crippen molar-refractivity contribution in [3.05, 3.63) is 170 Å². The van der Waals surface area contributed by atoms with E-state index in [1.165, 1.54) is 64.2 Å². The Labute approximate surface area is 511 Å². The quantitative estimate of drug-likeness (QED) is 0.0261. The first-order chi connectivity index (χ1) is 41.0. The van der Waals surface area contributed by atoms with Gasteiger partial charge in [0.1, 0.15) is 13.2 Å². The molecule has 0 N–H and O–H groups in total. The molecule has 0 saturated carbocycles. The van der Waals surface area contributed by atoms with E-state index in [0.717, 1.165) is 173 Å². The van der Waals surface area contributed by atoms with Crippen molar-refractivity contribution in [1.29, 1.82) is 0 Å². The fraction of sp³-hybridized carbons (Fsp3) is 0.597. The smallest absolute Gasteiger partial charge is 0.306 e. The van der Waals surface area contributed by atoms with E-state index in [1.807, 2.05) is 0 Å². The summed E-state index contributed by atoms with van der Waals surface area (Å²) in [7, 11) is 0. The third kappa shape index (κ3) is 67.4. The van der Waals surface area contributed by atoms with E-state index in [1.54, 1.807) is 0 Å². The summed E-state index contributed by atoms with van der Waals surface area (Å²) in [5.41, 5.74) is 0. The summed E-state index contributed by atoms with van der Waals surface area (Å²) < 4.78 is 16.9. The molecule has 1 unspecified atom stereocenters. The zero-order valence-electron chi connectivity index (χ0n) is 53.4. The van der Waals surface area contributed by atoms with Gasteiger partial charge in [0.2, 0.25) is 0 Å². The van der Waals surface area contributed by atoms with E-state index in [4.69, 9.17) is 14.2 Å². The maximum absolute atomic E-state index is 12.9. The Morgan fingerprint density at radius 3 is 0.675 bits per heavy atom. The lowest BCUT2D eigenvalue weighted by Gasteiger charge is -2.18. The topological polar surface area (TPSA) is 78.9 Å². The molecule has 0 aliphatic rings. The fourth-order valence-corrected chi connectivity index (χ4v) is 8.78. The molecule has 0 amide bonds. The maximum Gasteiger partial charge on any atom is 0.306 e. The van der Waals surface area contributed by atoms with Crippen molar-refractivity contribution in [2.75, 3.05) is 13.2 Å². The molecule has 0 radical (unpaired) electrons. The minimum atomic E-state index is -0.812. The van der Waals surface area contributed by atoms with Crippen LogP contribution in [0.25, 0.3) is 0 Å². The highest BCUT2D eigenvalue weighted by molar-refractivity contribution is 5.71. The molecule has 1 atom stereocenters. The number of hydrogen-bond acceptors (Lipinski definition) is 6. The predicted octanol–water partition coefficient (Wildman–Crippen LogP) is 23.4. The molecule has 0 rings (SSSR count). The third-order valence-electron chi connectivity index (χ3n) is 13.7. The number of allylic oxidation sites excluding steroid dienone is 28. The largest absolute Gasteiger partial charge is 0.462 e. The lowest BCUT2D eigenvalue weighted by Crippen LogP contribution is -2.30. The van der Waals surface area contributed by atoms with Gasteiger partial charge in [0, 0.05) is 19.3 Å². The minimum absolute atomic E-state index is 0.104. The van der Waals surface area contributed by atoms with E-state index < -0.39 is 6.10 Å². The van der Waals surface area contributed by atoms with Gasteiger partial charge in [-0.1, -0.05) is 281 Å². The van der Waals surface area contributed by atoms with Gasteiger partial charge >= 0.3 is 17.9 Å². The van der Waals surface area contributed by atoms with Crippen LogP contribution in [0, 0.1) is 0 Å². The molecule has 6 nitrogen and oxygen atoms in total. The van der Waals surface area contributed by atoms with Gasteiger partial charge in [-0.3, -0.25) is 14.4 Å². The number of esters is 3. The number of hydrogen-bond donors (Lipinski definition) is 0. The van der Waals surface area contributed by atoms with Gasteiger partial charge in [-0.25, -0.2) is 0 Å². The average Bonchev–Trinajstić information content (AvgIpc) is 3.49. The molecule has 0 aliphatic carbocycles. The monoisotopic (exact) mass is 1140 g/mol. The highest BCUT2D eigenvalue weighted by Gasteiger charge is 2.19. The van der Waals surface area contributed by atoms with Crippen LogP contribution in [0.4, 0.5) is 0 Å². The molecule has 0 aromatic heterocycles. The Hall–Kier alpha value is -5.23. The molecular weight excluding hydrogens is 1020 g/mol. The van der Waals surface area contributed by atoms with Gasteiger partial charge in [0.05, 0.1) is 0 Å². The molecule has 0 aliphatic heterocycles. The van der Waals surface area contributed by atoms with Gasteiger partial charge in [-0.05, 0) is 148 Å². The van der Waals surface area contributed by atoms with Crippen LogP contribution in [0.5, 0.6) is 0 Å². The lowest BCUT2D eigenvalue weighted by atomic mass is 10.0. The molecule has 0 aromatic rings. The SMILES string of the molecule is CC/C=C\C/C=C\C/C=C\C/C=C\C/C=C\C/C=C\CCCCCCCCCCCCCCC(=O)OCC(COC(=O)CCCCCC/C=C\C/C=C\C/C=C\C/C=C\CC)OC(=O)CCCCCC/C=C\C/C=C\C/C=C\C/C=C\CC. The summed E-state index contributed by atoms with van der Waals surface area (Å²) in [5, 5.41) is 0. The van der Waals surface area contributed by atoms with Crippen molar-refractivity contribution in [1.82, 2.24) is 0 Å². The lowest BCUT2D eigenvalue weighted by molar-refractivity contribution is -0.167. The number of unbranched alkanes of at least 4 members (excludes halogenated alkanes) is 20. The van der Waals surface area contributed by atoms with Crippen LogP contribution >= 0.6 is 0 Å². The summed E-state index contributed by atoms with van der Waals surface area (Å²) in [6, 6.07) is 0. The molecule has 0 fully saturated rings. The zero-order valence-corrected chi connectivity index (χ0v) is 53.4. The highest BCUT2D eigenvalue weighted by Crippen LogP contribution is 2.15.